The van der Waals surface area contributed by atoms with E-state index in [0.29, 0.717) is 19.0 Å². The zero-order valence-corrected chi connectivity index (χ0v) is 14.2. The number of carbonyl (C=O) groups is 1. The Morgan fingerprint density at radius 1 is 1.22 bits per heavy atom. The quantitative estimate of drug-likeness (QED) is 0.810. The van der Waals surface area contributed by atoms with Gasteiger partial charge in [0.1, 0.15) is 5.82 Å². The summed E-state index contributed by atoms with van der Waals surface area (Å²) in [7, 11) is 0. The Morgan fingerprint density at radius 3 is 2.35 bits per heavy atom. The smallest absolute Gasteiger partial charge is 0.222 e. The Bertz CT molecular complexity index is 493. The molecule has 0 aromatic heterocycles. The number of benzene rings is 1. The highest BCUT2D eigenvalue weighted by Crippen LogP contribution is 2.29. The van der Waals surface area contributed by atoms with Gasteiger partial charge in [0.25, 0.3) is 0 Å². The van der Waals surface area contributed by atoms with Crippen molar-refractivity contribution in [2.75, 3.05) is 6.54 Å². The average Bonchev–Trinajstić information content (AvgIpc) is 2.53. The lowest BCUT2D eigenvalue weighted by Crippen LogP contribution is -2.41. The van der Waals surface area contributed by atoms with Crippen molar-refractivity contribution >= 4 is 5.91 Å². The van der Waals surface area contributed by atoms with Crippen LogP contribution in [0.2, 0.25) is 0 Å². The van der Waals surface area contributed by atoms with E-state index in [-0.39, 0.29) is 17.6 Å². The number of rotatable bonds is 7. The molecule has 0 spiro atoms. The van der Waals surface area contributed by atoms with Crippen LogP contribution in [-0.4, -0.2) is 18.5 Å². The van der Waals surface area contributed by atoms with Crippen molar-refractivity contribution in [1.29, 1.82) is 0 Å². The highest BCUT2D eigenvalue weighted by atomic mass is 19.1. The van der Waals surface area contributed by atoms with Gasteiger partial charge in [-0.15, -0.1) is 0 Å². The van der Waals surface area contributed by atoms with Gasteiger partial charge in [-0.1, -0.05) is 26.0 Å². The van der Waals surface area contributed by atoms with Crippen LogP contribution in [-0.2, 0) is 11.2 Å². The number of amides is 1. The fourth-order valence-electron chi connectivity index (χ4n) is 3.48. The van der Waals surface area contributed by atoms with Crippen molar-refractivity contribution in [2.45, 2.75) is 52.0 Å². The maximum Gasteiger partial charge on any atom is 0.222 e. The summed E-state index contributed by atoms with van der Waals surface area (Å²) in [5, 5.41) is 3.52. The molecule has 1 aromatic rings. The molecule has 1 amide bonds. The van der Waals surface area contributed by atoms with E-state index in [1.807, 2.05) is 0 Å². The van der Waals surface area contributed by atoms with Crippen LogP contribution in [0.25, 0.3) is 0 Å². The van der Waals surface area contributed by atoms with Crippen LogP contribution in [0.4, 0.5) is 4.39 Å². The minimum Gasteiger partial charge on any atom is -0.369 e. The Hall–Kier alpha value is -1.42. The Labute approximate surface area is 138 Å². The molecule has 0 unspecified atom stereocenters. The molecular weight excluding hydrogens is 291 g/mol. The van der Waals surface area contributed by atoms with Crippen LogP contribution in [0.1, 0.15) is 45.1 Å². The van der Waals surface area contributed by atoms with Gasteiger partial charge in [0.2, 0.25) is 5.91 Å². The number of nitrogens with one attached hydrogen (secondary N) is 1. The Morgan fingerprint density at radius 2 is 1.83 bits per heavy atom. The molecule has 1 aliphatic rings. The van der Waals surface area contributed by atoms with Crippen molar-refractivity contribution in [3.8, 4) is 0 Å². The summed E-state index contributed by atoms with van der Waals surface area (Å²) in [5.74, 6) is 0.789. The van der Waals surface area contributed by atoms with Crippen LogP contribution in [0, 0.1) is 23.6 Å². The first-order valence-electron chi connectivity index (χ1n) is 8.73. The van der Waals surface area contributed by atoms with Gasteiger partial charge in [-0.05, 0) is 61.6 Å². The van der Waals surface area contributed by atoms with Crippen LogP contribution in [0.5, 0.6) is 0 Å². The number of hydrogen-bond acceptors (Lipinski definition) is 2. The first kappa shape index (κ1) is 17.9. The van der Waals surface area contributed by atoms with Gasteiger partial charge in [-0.3, -0.25) is 4.79 Å². The van der Waals surface area contributed by atoms with Crippen molar-refractivity contribution in [1.82, 2.24) is 5.32 Å². The zero-order valence-electron chi connectivity index (χ0n) is 14.2. The fourth-order valence-corrected chi connectivity index (χ4v) is 3.48. The molecule has 2 rings (SSSR count). The molecule has 0 saturated heterocycles. The molecule has 3 N–H and O–H groups in total. The van der Waals surface area contributed by atoms with E-state index in [2.05, 4.69) is 19.2 Å². The second-order valence-corrected chi connectivity index (χ2v) is 7.19. The third-order valence-corrected chi connectivity index (χ3v) is 5.17. The summed E-state index contributed by atoms with van der Waals surface area (Å²) < 4.78 is 13.0. The number of hydrogen-bond donors (Lipinski definition) is 2. The Balaban J connectivity index is 1.81. The molecule has 1 fully saturated rings. The van der Waals surface area contributed by atoms with E-state index in [4.69, 9.17) is 5.73 Å². The van der Waals surface area contributed by atoms with Gasteiger partial charge in [0.05, 0.1) is 5.92 Å². The molecule has 1 aliphatic carbocycles. The lowest BCUT2D eigenvalue weighted by Gasteiger charge is -2.32. The minimum absolute atomic E-state index is 0.247. The SMILES string of the molecule is CC(C)C1CCC(NC[C@@H](Cc2ccc(F)cc2)C(N)=O)CC1. The largest absolute Gasteiger partial charge is 0.369 e. The summed E-state index contributed by atoms with van der Waals surface area (Å²) in [5.41, 5.74) is 6.48. The minimum atomic E-state index is -0.294. The molecule has 0 bridgehead atoms. The van der Waals surface area contributed by atoms with E-state index in [9.17, 15) is 9.18 Å². The van der Waals surface area contributed by atoms with Crippen molar-refractivity contribution in [2.24, 2.45) is 23.5 Å². The van der Waals surface area contributed by atoms with Crippen LogP contribution in [0.3, 0.4) is 0 Å². The predicted octanol–water partition coefficient (Wildman–Crippen LogP) is 3.27. The molecule has 0 heterocycles. The van der Waals surface area contributed by atoms with Gasteiger partial charge in [-0.2, -0.15) is 0 Å². The molecule has 1 atom stereocenters. The molecule has 23 heavy (non-hydrogen) atoms. The second kappa shape index (κ2) is 8.44. The van der Waals surface area contributed by atoms with Crippen LogP contribution < -0.4 is 11.1 Å². The molecule has 0 radical (unpaired) electrons. The third-order valence-electron chi connectivity index (χ3n) is 5.17. The van der Waals surface area contributed by atoms with E-state index in [1.54, 1.807) is 12.1 Å². The lowest BCUT2D eigenvalue weighted by atomic mass is 9.79. The monoisotopic (exact) mass is 320 g/mol. The summed E-state index contributed by atoms with van der Waals surface area (Å²) in [4.78, 5) is 11.7. The molecule has 3 nitrogen and oxygen atoms in total. The molecule has 1 aromatic carbocycles. The van der Waals surface area contributed by atoms with E-state index in [1.165, 1.54) is 37.8 Å². The van der Waals surface area contributed by atoms with E-state index < -0.39 is 0 Å². The van der Waals surface area contributed by atoms with E-state index >= 15 is 0 Å². The molecule has 0 aliphatic heterocycles. The summed E-state index contributed by atoms with van der Waals surface area (Å²) >= 11 is 0. The average molecular weight is 320 g/mol. The second-order valence-electron chi connectivity index (χ2n) is 7.19. The van der Waals surface area contributed by atoms with Gasteiger partial charge in [-0.25, -0.2) is 4.39 Å². The van der Waals surface area contributed by atoms with Gasteiger partial charge in [0, 0.05) is 12.6 Å². The third kappa shape index (κ3) is 5.61. The van der Waals surface area contributed by atoms with Gasteiger partial charge >= 0.3 is 0 Å². The molecule has 128 valence electrons. The van der Waals surface area contributed by atoms with Crippen LogP contribution in [0.15, 0.2) is 24.3 Å². The van der Waals surface area contributed by atoms with E-state index in [0.717, 1.165) is 17.4 Å². The first-order valence-corrected chi connectivity index (χ1v) is 8.73. The summed E-state index contributed by atoms with van der Waals surface area (Å²) in [6, 6.07) is 6.78. The Kier molecular flexibility index (Phi) is 6.58. The lowest BCUT2D eigenvalue weighted by molar-refractivity contribution is -0.121. The number of nitrogens with two attached hydrogens (primary N) is 1. The standard InChI is InChI=1S/C19H29FN2O/c1-13(2)15-5-9-18(10-6-15)22-12-16(19(21)23)11-14-3-7-17(20)8-4-14/h3-4,7-8,13,15-16,18,22H,5-6,9-12H2,1-2H3,(H2,21,23)/t15?,16-,18?/m1/s1. The molecule has 4 heteroatoms. The van der Waals surface area contributed by atoms with Gasteiger partial charge < -0.3 is 11.1 Å². The van der Waals surface area contributed by atoms with Gasteiger partial charge in [0.15, 0.2) is 0 Å². The molecule has 1 saturated carbocycles. The zero-order chi connectivity index (χ0) is 16.8. The maximum atomic E-state index is 13.0. The number of carbonyl (C=O) groups excluding carboxylic acids is 1. The fraction of sp³-hybridized carbons (Fsp3) is 0.632. The maximum absolute atomic E-state index is 13.0. The predicted molar refractivity (Wildman–Crippen MR) is 91.4 cm³/mol. The summed E-state index contributed by atoms with van der Waals surface area (Å²) in [6.45, 7) is 5.19. The topological polar surface area (TPSA) is 55.1 Å². The highest BCUT2D eigenvalue weighted by molar-refractivity contribution is 5.77. The number of halogens is 1. The van der Waals surface area contributed by atoms with Crippen molar-refractivity contribution in [3.63, 3.8) is 0 Å². The molecular formula is C19H29FN2O. The van der Waals surface area contributed by atoms with Crippen molar-refractivity contribution < 1.29 is 9.18 Å². The first-order chi connectivity index (χ1) is 11.0. The number of primary amides is 1. The van der Waals surface area contributed by atoms with Crippen molar-refractivity contribution in [3.05, 3.63) is 35.6 Å². The summed E-state index contributed by atoms with van der Waals surface area (Å²) in [6.07, 6.45) is 5.42. The normalized spacial score (nSPS) is 23.0. The highest BCUT2D eigenvalue weighted by Gasteiger charge is 2.24. The van der Waals surface area contributed by atoms with Crippen LogP contribution >= 0.6 is 0 Å².